The van der Waals surface area contributed by atoms with Crippen LogP contribution in [0.25, 0.3) is 10.9 Å². The fourth-order valence-corrected chi connectivity index (χ4v) is 8.98. The van der Waals surface area contributed by atoms with E-state index in [9.17, 15) is 24.4 Å². The predicted molar refractivity (Wildman–Crippen MR) is 217 cm³/mol. The fraction of sp³-hybridized carbons (Fsp3) is 0.476. The van der Waals surface area contributed by atoms with Crippen LogP contribution >= 0.6 is 11.6 Å². The molecule has 2 aromatic carbocycles. The summed E-state index contributed by atoms with van der Waals surface area (Å²) in [6, 6.07) is 14.9. The van der Waals surface area contributed by atoms with Crippen LogP contribution in [0.1, 0.15) is 81.8 Å². The zero-order valence-corrected chi connectivity index (χ0v) is 33.9. The van der Waals surface area contributed by atoms with Crippen LogP contribution in [-0.4, -0.2) is 94.1 Å². The van der Waals surface area contributed by atoms with Crippen LogP contribution in [0.3, 0.4) is 0 Å². The lowest BCUT2D eigenvalue weighted by molar-refractivity contribution is -0.164. The first-order chi connectivity index (χ1) is 27.8. The van der Waals surface area contributed by atoms with Crippen molar-refractivity contribution in [2.45, 2.75) is 78.0 Å². The van der Waals surface area contributed by atoms with Gasteiger partial charge in [-0.25, -0.2) is 4.98 Å². The van der Waals surface area contributed by atoms with Crippen molar-refractivity contribution in [3.63, 3.8) is 0 Å². The quantitative estimate of drug-likeness (QED) is 0.141. The van der Waals surface area contributed by atoms with Gasteiger partial charge < -0.3 is 19.7 Å². The molecule has 2 N–H and O–H groups in total. The van der Waals surface area contributed by atoms with Crippen molar-refractivity contribution in [2.24, 2.45) is 10.8 Å². The fourth-order valence-electron chi connectivity index (χ4n) is 8.77. The number of carbonyl (C=O) groups is 3. The maximum atomic E-state index is 13.4. The molecule has 7 rings (SSSR count). The number of ether oxygens (including phenoxy) is 2. The van der Waals surface area contributed by atoms with Gasteiger partial charge in [0.05, 0.1) is 28.1 Å². The normalized spacial score (nSPS) is 21.4. The Balaban J connectivity index is 0.820. The van der Waals surface area contributed by atoms with Crippen molar-refractivity contribution in [3.05, 3.63) is 81.2 Å². The van der Waals surface area contributed by atoms with Crippen LogP contribution in [-0.2, 0) is 9.59 Å². The van der Waals surface area contributed by atoms with Gasteiger partial charge in [-0.05, 0) is 74.7 Å². The number of hydrogen-bond acceptors (Lipinski definition) is 12. The molecule has 304 valence electrons. The van der Waals surface area contributed by atoms with Gasteiger partial charge in [-0.2, -0.15) is 9.94 Å². The van der Waals surface area contributed by atoms with Crippen LogP contribution in [0.4, 0.5) is 5.82 Å². The molecule has 0 bridgehead atoms. The molecule has 1 saturated carbocycles. The van der Waals surface area contributed by atoms with Crippen molar-refractivity contribution >= 4 is 46.0 Å². The number of imide groups is 1. The first kappa shape index (κ1) is 40.6. The second kappa shape index (κ2) is 16.7. The highest BCUT2D eigenvalue weighted by atomic mass is 35.5. The number of piperazine rings is 1. The molecule has 0 radical (unpaired) electrons. The van der Waals surface area contributed by atoms with E-state index in [4.69, 9.17) is 21.1 Å². The third-order valence-electron chi connectivity index (χ3n) is 11.7. The molecule has 2 saturated heterocycles. The Morgan fingerprint density at radius 1 is 0.983 bits per heavy atom. The van der Waals surface area contributed by atoms with Gasteiger partial charge in [0.15, 0.2) is 0 Å². The topological polar surface area (TPSA) is 185 Å². The summed E-state index contributed by atoms with van der Waals surface area (Å²) in [7, 11) is 0. The monoisotopic (exact) mass is 809 g/mol. The Kier molecular flexibility index (Phi) is 11.7. The van der Waals surface area contributed by atoms with Gasteiger partial charge in [-0.15, -0.1) is 5.10 Å². The Hall–Kier alpha value is -5.59. The van der Waals surface area contributed by atoms with Gasteiger partial charge in [-0.3, -0.25) is 29.4 Å². The molecule has 3 amide bonds. The van der Waals surface area contributed by atoms with Crippen LogP contribution < -0.4 is 30.6 Å². The first-order valence-corrected chi connectivity index (χ1v) is 20.1. The molecule has 4 heterocycles. The van der Waals surface area contributed by atoms with Crippen molar-refractivity contribution in [3.8, 4) is 17.6 Å². The number of halogens is 1. The lowest BCUT2D eigenvalue weighted by Crippen LogP contribution is -2.74. The molecule has 4 aromatic rings. The summed E-state index contributed by atoms with van der Waals surface area (Å²) in [5.74, 6) is 0.888. The van der Waals surface area contributed by atoms with Crippen molar-refractivity contribution in [1.29, 1.82) is 5.26 Å². The van der Waals surface area contributed by atoms with Gasteiger partial charge in [0.1, 0.15) is 41.0 Å². The van der Waals surface area contributed by atoms with Crippen LogP contribution in [0.5, 0.6) is 11.5 Å². The number of pyridine rings is 1. The third kappa shape index (κ3) is 8.35. The van der Waals surface area contributed by atoms with E-state index in [1.54, 1.807) is 42.6 Å². The standard InChI is InChI=1S/C42H48ClN9O6/c1-41(2)39(42(3,4)40(41)58-29-10-8-26(24-44)31(43)23-29)47-36(54)27-9-14-34(45-25-27)51-19-17-50(18-20-51)16-6-5-7-21-57-28-11-12-32-30(22-28)38(56)52(49-48-32)33-13-15-35(53)46-37(33)55/h8-12,14,22-23,25,33,39-40H,5-7,13,15-21H2,1-4H3,(H,47,54)(H,46,53,55)/t33?,39-,40-. The lowest BCUT2D eigenvalue weighted by Gasteiger charge is -2.63. The minimum Gasteiger partial charge on any atom is -0.494 e. The van der Waals surface area contributed by atoms with E-state index >= 15 is 0 Å². The number of rotatable bonds is 13. The Morgan fingerprint density at radius 3 is 2.43 bits per heavy atom. The van der Waals surface area contributed by atoms with Gasteiger partial charge in [0.2, 0.25) is 5.91 Å². The summed E-state index contributed by atoms with van der Waals surface area (Å²) in [6.45, 7) is 13.3. The molecule has 1 unspecified atom stereocenters. The molecule has 58 heavy (non-hydrogen) atoms. The highest BCUT2D eigenvalue weighted by Gasteiger charge is 2.64. The molecule has 1 aliphatic carbocycles. The summed E-state index contributed by atoms with van der Waals surface area (Å²) >= 11 is 6.24. The summed E-state index contributed by atoms with van der Waals surface area (Å²) in [5, 5.41) is 23.4. The Bertz CT molecular complexity index is 2280. The smallest absolute Gasteiger partial charge is 0.278 e. The molecular formula is C42H48ClN9O6. The molecular weight excluding hydrogens is 762 g/mol. The molecule has 0 spiro atoms. The van der Waals surface area contributed by atoms with Gasteiger partial charge in [-0.1, -0.05) is 44.5 Å². The van der Waals surface area contributed by atoms with Crippen molar-refractivity contribution in [1.82, 2.24) is 35.5 Å². The maximum absolute atomic E-state index is 13.4. The highest BCUT2D eigenvalue weighted by molar-refractivity contribution is 6.31. The first-order valence-electron chi connectivity index (χ1n) is 19.7. The van der Waals surface area contributed by atoms with Gasteiger partial charge >= 0.3 is 0 Å². The molecule has 1 atom stereocenters. The number of carbonyl (C=O) groups excluding carboxylic acids is 3. The van der Waals surface area contributed by atoms with Crippen molar-refractivity contribution in [2.75, 3.05) is 44.2 Å². The van der Waals surface area contributed by atoms with E-state index in [-0.39, 0.29) is 47.6 Å². The number of aromatic nitrogens is 4. The summed E-state index contributed by atoms with van der Waals surface area (Å²) in [5.41, 5.74) is 0.117. The van der Waals surface area contributed by atoms with E-state index < -0.39 is 17.5 Å². The molecule has 15 nitrogen and oxygen atoms in total. The molecule has 3 fully saturated rings. The maximum Gasteiger partial charge on any atom is 0.278 e. The number of anilines is 1. The van der Waals surface area contributed by atoms with E-state index in [0.29, 0.717) is 45.2 Å². The second-order valence-corrected chi connectivity index (χ2v) is 16.8. The van der Waals surface area contributed by atoms with Gasteiger partial charge in [0.25, 0.3) is 17.4 Å². The van der Waals surface area contributed by atoms with E-state index in [2.05, 4.69) is 69.5 Å². The number of fused-ring (bicyclic) bond motifs is 1. The Labute approximate surface area is 341 Å². The number of nitriles is 1. The lowest BCUT2D eigenvalue weighted by atomic mass is 9.49. The molecule has 16 heteroatoms. The number of benzene rings is 2. The zero-order chi connectivity index (χ0) is 41.2. The van der Waals surface area contributed by atoms with Crippen LogP contribution in [0.2, 0.25) is 5.02 Å². The second-order valence-electron chi connectivity index (χ2n) is 16.4. The third-order valence-corrected chi connectivity index (χ3v) is 12.0. The molecule has 2 aromatic heterocycles. The van der Waals surface area contributed by atoms with Gasteiger partial charge in [0, 0.05) is 61.7 Å². The summed E-state index contributed by atoms with van der Waals surface area (Å²) < 4.78 is 13.4. The zero-order valence-electron chi connectivity index (χ0n) is 33.2. The van der Waals surface area contributed by atoms with Crippen LogP contribution in [0, 0.1) is 22.2 Å². The SMILES string of the molecule is CC1(C)[C@H](NC(=O)c2ccc(N3CCN(CCCCCOc4ccc5nnn(C6CCC(=O)NC6=O)c(=O)c5c4)CC3)nc2)C(C)(C)[C@H]1Oc1ccc(C#N)c(Cl)c1. The number of hydrogen-bond donors (Lipinski definition) is 2. The molecule has 2 aliphatic heterocycles. The largest absolute Gasteiger partial charge is 0.494 e. The average molecular weight is 810 g/mol. The van der Waals surface area contributed by atoms with Crippen LogP contribution in [0.15, 0.2) is 59.5 Å². The minimum absolute atomic E-state index is 0.135. The summed E-state index contributed by atoms with van der Waals surface area (Å²) in [4.78, 5) is 59.8. The predicted octanol–water partition coefficient (Wildman–Crippen LogP) is 4.67. The average Bonchev–Trinajstić information content (AvgIpc) is 3.21. The number of unbranched alkanes of at least 4 members (excludes halogenated alkanes) is 2. The van der Waals surface area contributed by atoms with E-state index in [1.807, 2.05) is 12.1 Å². The Morgan fingerprint density at radius 2 is 1.74 bits per heavy atom. The van der Waals surface area contributed by atoms with E-state index in [1.165, 1.54) is 0 Å². The molecule has 3 aliphatic rings. The number of nitrogens with one attached hydrogen (secondary N) is 2. The minimum atomic E-state index is -0.877. The number of nitrogens with zero attached hydrogens (tertiary/aromatic N) is 7. The van der Waals surface area contributed by atoms with E-state index in [0.717, 1.165) is 62.5 Å². The highest BCUT2D eigenvalue weighted by Crippen LogP contribution is 2.55. The number of amides is 3. The summed E-state index contributed by atoms with van der Waals surface area (Å²) in [6.07, 6.45) is 4.66. The number of piperidine rings is 1. The van der Waals surface area contributed by atoms with Crippen molar-refractivity contribution < 1.29 is 23.9 Å².